The second-order valence-corrected chi connectivity index (χ2v) is 9.29. The predicted molar refractivity (Wildman–Crippen MR) is 146 cm³/mol. The molecule has 202 valence electrons. The van der Waals surface area contributed by atoms with E-state index >= 15 is 0 Å². The minimum absolute atomic E-state index is 0.0350. The van der Waals surface area contributed by atoms with Crippen LogP contribution >= 0.6 is 11.6 Å². The molecule has 3 aromatic carbocycles. The molecular formula is C30H28ClNO7. The average molecular weight is 550 g/mol. The lowest BCUT2D eigenvalue weighted by molar-refractivity contribution is -0.146. The zero-order valence-electron chi connectivity index (χ0n) is 21.6. The first-order valence-corrected chi connectivity index (χ1v) is 12.7. The number of benzene rings is 3. The predicted octanol–water partition coefficient (Wildman–Crippen LogP) is 5.61. The van der Waals surface area contributed by atoms with Crippen LogP contribution in [-0.4, -0.2) is 42.1 Å². The Morgan fingerprint density at radius 3 is 2.18 bits per heavy atom. The Morgan fingerprint density at radius 1 is 0.846 bits per heavy atom. The standard InChI is InChI=1S/C30H28ClNO7/c1-19-9-11-21(12-10-19)26(33)18-38-30(37)22-13-15-25(16-14-22)32-27(34)7-4-8-28(35)39-20(2)29(36)23-5-3-6-24(31)17-23/h3,5-6,9-17,20H,4,7-8,18H2,1-2H3,(H,32,34)/t20-/m0/s1. The number of esters is 2. The maximum Gasteiger partial charge on any atom is 0.338 e. The van der Waals surface area contributed by atoms with Gasteiger partial charge in [0, 0.05) is 34.7 Å². The third-order valence-corrected chi connectivity index (χ3v) is 5.92. The van der Waals surface area contributed by atoms with Gasteiger partial charge in [-0.3, -0.25) is 19.2 Å². The molecule has 1 atom stereocenters. The number of hydrogen-bond acceptors (Lipinski definition) is 7. The monoisotopic (exact) mass is 549 g/mol. The van der Waals surface area contributed by atoms with Gasteiger partial charge in [-0.15, -0.1) is 0 Å². The van der Waals surface area contributed by atoms with Gasteiger partial charge in [0.2, 0.25) is 11.7 Å². The van der Waals surface area contributed by atoms with Crippen LogP contribution in [0.4, 0.5) is 5.69 Å². The number of carbonyl (C=O) groups is 5. The summed E-state index contributed by atoms with van der Waals surface area (Å²) >= 11 is 5.89. The highest BCUT2D eigenvalue weighted by Gasteiger charge is 2.20. The van der Waals surface area contributed by atoms with E-state index in [-0.39, 0.29) is 48.9 Å². The molecule has 0 saturated heterocycles. The maximum absolute atomic E-state index is 12.4. The van der Waals surface area contributed by atoms with E-state index in [0.29, 0.717) is 21.8 Å². The summed E-state index contributed by atoms with van der Waals surface area (Å²) in [5.74, 6) is -2.25. The summed E-state index contributed by atoms with van der Waals surface area (Å²) < 4.78 is 10.3. The lowest BCUT2D eigenvalue weighted by Gasteiger charge is -2.12. The molecule has 0 aromatic heterocycles. The first kappa shape index (κ1) is 29.3. The van der Waals surface area contributed by atoms with Crippen molar-refractivity contribution in [2.75, 3.05) is 11.9 Å². The van der Waals surface area contributed by atoms with Crippen molar-refractivity contribution in [2.24, 2.45) is 0 Å². The molecule has 3 rings (SSSR count). The number of aryl methyl sites for hydroxylation is 1. The van der Waals surface area contributed by atoms with Crippen molar-refractivity contribution >= 4 is 46.7 Å². The van der Waals surface area contributed by atoms with Crippen molar-refractivity contribution in [1.29, 1.82) is 0 Å². The summed E-state index contributed by atoms with van der Waals surface area (Å²) in [4.78, 5) is 61.1. The lowest BCUT2D eigenvalue weighted by Crippen LogP contribution is -2.24. The summed E-state index contributed by atoms with van der Waals surface area (Å²) in [6.07, 6.45) is -0.735. The van der Waals surface area contributed by atoms with Crippen molar-refractivity contribution in [3.8, 4) is 0 Å². The number of rotatable bonds is 12. The van der Waals surface area contributed by atoms with E-state index in [2.05, 4.69) is 5.32 Å². The molecule has 3 aromatic rings. The van der Waals surface area contributed by atoms with E-state index in [1.807, 2.05) is 6.92 Å². The Labute approximate surface area is 231 Å². The normalized spacial score (nSPS) is 11.3. The SMILES string of the molecule is Cc1ccc(C(=O)COC(=O)c2ccc(NC(=O)CCCC(=O)O[C@@H](C)C(=O)c3cccc(Cl)c3)cc2)cc1. The Kier molecular flexibility index (Phi) is 10.5. The first-order chi connectivity index (χ1) is 18.6. The Hall–Kier alpha value is -4.30. The van der Waals surface area contributed by atoms with Gasteiger partial charge in [-0.2, -0.15) is 0 Å². The van der Waals surface area contributed by atoms with Crippen LogP contribution in [0.2, 0.25) is 5.02 Å². The summed E-state index contributed by atoms with van der Waals surface area (Å²) in [5, 5.41) is 3.09. The molecule has 0 spiro atoms. The highest BCUT2D eigenvalue weighted by Crippen LogP contribution is 2.15. The molecular weight excluding hydrogens is 522 g/mol. The third kappa shape index (κ3) is 9.19. The maximum atomic E-state index is 12.4. The number of amides is 1. The van der Waals surface area contributed by atoms with Gasteiger partial charge < -0.3 is 14.8 Å². The van der Waals surface area contributed by atoms with Gasteiger partial charge >= 0.3 is 11.9 Å². The number of halogens is 1. The van der Waals surface area contributed by atoms with Gasteiger partial charge in [-0.25, -0.2) is 4.79 Å². The fourth-order valence-electron chi connectivity index (χ4n) is 3.53. The molecule has 0 bridgehead atoms. The van der Waals surface area contributed by atoms with Crippen molar-refractivity contribution in [1.82, 2.24) is 0 Å². The average Bonchev–Trinajstić information content (AvgIpc) is 2.91. The highest BCUT2D eigenvalue weighted by atomic mass is 35.5. The zero-order chi connectivity index (χ0) is 28.4. The van der Waals surface area contributed by atoms with E-state index in [0.717, 1.165) is 5.56 Å². The topological polar surface area (TPSA) is 116 Å². The highest BCUT2D eigenvalue weighted by molar-refractivity contribution is 6.31. The van der Waals surface area contributed by atoms with Gasteiger partial charge in [0.1, 0.15) is 0 Å². The van der Waals surface area contributed by atoms with Crippen molar-refractivity contribution in [2.45, 2.75) is 39.2 Å². The molecule has 8 nitrogen and oxygen atoms in total. The quantitative estimate of drug-likeness (QED) is 0.230. The van der Waals surface area contributed by atoms with Crippen LogP contribution < -0.4 is 5.32 Å². The van der Waals surface area contributed by atoms with Crippen LogP contribution in [0.3, 0.4) is 0 Å². The van der Waals surface area contributed by atoms with Crippen molar-refractivity contribution < 1.29 is 33.4 Å². The fourth-order valence-corrected chi connectivity index (χ4v) is 3.72. The zero-order valence-corrected chi connectivity index (χ0v) is 22.3. The van der Waals surface area contributed by atoms with E-state index in [9.17, 15) is 24.0 Å². The number of ketones is 2. The molecule has 0 unspecified atom stereocenters. The molecule has 0 fully saturated rings. The molecule has 9 heteroatoms. The Balaban J connectivity index is 1.37. The van der Waals surface area contributed by atoms with Crippen LogP contribution in [0, 0.1) is 6.92 Å². The summed E-state index contributed by atoms with van der Waals surface area (Å²) in [5.41, 5.74) is 2.51. The number of hydrogen-bond donors (Lipinski definition) is 1. The minimum atomic E-state index is -0.976. The first-order valence-electron chi connectivity index (χ1n) is 12.3. The van der Waals surface area contributed by atoms with Crippen LogP contribution in [0.1, 0.15) is 62.8 Å². The van der Waals surface area contributed by atoms with Gasteiger partial charge in [-0.1, -0.05) is 53.6 Å². The largest absolute Gasteiger partial charge is 0.454 e. The number of ether oxygens (including phenoxy) is 2. The molecule has 39 heavy (non-hydrogen) atoms. The molecule has 0 aliphatic rings. The second kappa shape index (κ2) is 14.0. The van der Waals surface area contributed by atoms with Gasteiger partial charge in [0.05, 0.1) is 5.56 Å². The lowest BCUT2D eigenvalue weighted by atomic mass is 10.1. The smallest absolute Gasteiger partial charge is 0.338 e. The molecule has 0 saturated carbocycles. The number of nitrogens with one attached hydrogen (secondary N) is 1. The van der Waals surface area contributed by atoms with E-state index in [1.54, 1.807) is 42.5 Å². The van der Waals surface area contributed by atoms with Crippen LogP contribution in [-0.2, 0) is 19.1 Å². The van der Waals surface area contributed by atoms with E-state index in [1.165, 1.54) is 37.3 Å². The fraction of sp³-hybridized carbons (Fsp3) is 0.233. The molecule has 0 aliphatic heterocycles. The van der Waals surface area contributed by atoms with Crippen molar-refractivity contribution in [3.05, 3.63) is 100 Å². The molecule has 1 N–H and O–H groups in total. The van der Waals surface area contributed by atoms with Crippen LogP contribution in [0.5, 0.6) is 0 Å². The van der Waals surface area contributed by atoms with Gasteiger partial charge in [0.15, 0.2) is 18.5 Å². The van der Waals surface area contributed by atoms with E-state index in [4.69, 9.17) is 21.1 Å². The number of carbonyl (C=O) groups excluding carboxylic acids is 5. The third-order valence-electron chi connectivity index (χ3n) is 5.68. The minimum Gasteiger partial charge on any atom is -0.454 e. The Bertz CT molecular complexity index is 1350. The molecule has 0 heterocycles. The van der Waals surface area contributed by atoms with Gasteiger partial charge in [-0.05, 0) is 56.7 Å². The number of Topliss-reactive ketones (excluding diaryl/α,β-unsaturated/α-hetero) is 2. The van der Waals surface area contributed by atoms with Crippen molar-refractivity contribution in [3.63, 3.8) is 0 Å². The summed E-state index contributed by atoms with van der Waals surface area (Å²) in [6, 6.07) is 19.4. The molecule has 1 amide bonds. The molecule has 0 aliphatic carbocycles. The number of anilines is 1. The van der Waals surface area contributed by atoms with Gasteiger partial charge in [0.25, 0.3) is 0 Å². The van der Waals surface area contributed by atoms with E-state index < -0.39 is 18.0 Å². The molecule has 0 radical (unpaired) electrons. The van der Waals surface area contributed by atoms with Crippen LogP contribution in [0.15, 0.2) is 72.8 Å². The Morgan fingerprint density at radius 2 is 1.51 bits per heavy atom. The van der Waals surface area contributed by atoms with Crippen LogP contribution in [0.25, 0.3) is 0 Å². The summed E-state index contributed by atoms with van der Waals surface area (Å²) in [6.45, 7) is 3.01. The second-order valence-electron chi connectivity index (χ2n) is 8.85. The summed E-state index contributed by atoms with van der Waals surface area (Å²) in [7, 11) is 0.